The van der Waals surface area contributed by atoms with Crippen LogP contribution in [-0.2, 0) is 32.6 Å². The highest BCUT2D eigenvalue weighted by Crippen LogP contribution is 2.24. The first-order valence-electron chi connectivity index (χ1n) is 15.3. The first-order valence-corrected chi connectivity index (χ1v) is 17.2. The van der Waals surface area contributed by atoms with Crippen molar-refractivity contribution in [3.63, 3.8) is 0 Å². The molecule has 2 amide bonds. The topological polar surface area (TPSA) is 86.8 Å². The van der Waals surface area contributed by atoms with Gasteiger partial charge in [-0.2, -0.15) is 0 Å². The lowest BCUT2D eigenvalue weighted by Crippen LogP contribution is -2.52. The zero-order valence-corrected chi connectivity index (χ0v) is 26.5. The minimum absolute atomic E-state index is 0.117. The number of benzene rings is 3. The molecule has 230 valence electrons. The van der Waals surface area contributed by atoms with Gasteiger partial charge in [-0.3, -0.25) is 13.9 Å². The molecule has 4 rings (SSSR count). The lowest BCUT2D eigenvalue weighted by atomic mass is 9.94. The number of hydrogen-bond acceptors (Lipinski definition) is 4. The van der Waals surface area contributed by atoms with Gasteiger partial charge in [-0.15, -0.1) is 0 Å². The van der Waals surface area contributed by atoms with Crippen molar-refractivity contribution in [3.8, 4) is 0 Å². The molecule has 0 bridgehead atoms. The van der Waals surface area contributed by atoms with Crippen molar-refractivity contribution in [1.29, 1.82) is 0 Å². The van der Waals surface area contributed by atoms with Gasteiger partial charge in [0.15, 0.2) is 0 Å². The minimum atomic E-state index is -3.55. The third-order valence-corrected chi connectivity index (χ3v) is 9.41. The van der Waals surface area contributed by atoms with E-state index in [2.05, 4.69) is 5.32 Å². The van der Waals surface area contributed by atoms with Gasteiger partial charge in [-0.1, -0.05) is 97.6 Å². The van der Waals surface area contributed by atoms with E-state index < -0.39 is 16.1 Å². The molecule has 1 aliphatic rings. The summed E-state index contributed by atoms with van der Waals surface area (Å²) in [4.78, 5) is 29.7. The van der Waals surface area contributed by atoms with Gasteiger partial charge in [0.05, 0.1) is 11.9 Å². The van der Waals surface area contributed by atoms with Crippen molar-refractivity contribution in [3.05, 3.63) is 101 Å². The second kappa shape index (κ2) is 15.2. The van der Waals surface area contributed by atoms with Crippen LogP contribution >= 0.6 is 0 Å². The number of sulfonamides is 1. The molecular formula is C35H45N3O4S. The normalized spacial score (nSPS) is 14.6. The van der Waals surface area contributed by atoms with E-state index in [0.717, 1.165) is 47.9 Å². The van der Waals surface area contributed by atoms with E-state index in [9.17, 15) is 18.0 Å². The van der Waals surface area contributed by atoms with Crippen LogP contribution in [0.25, 0.3) is 0 Å². The predicted octanol–water partition coefficient (Wildman–Crippen LogP) is 5.94. The molecule has 0 radical (unpaired) electrons. The van der Waals surface area contributed by atoms with Crippen molar-refractivity contribution in [2.24, 2.45) is 0 Å². The van der Waals surface area contributed by atoms with Gasteiger partial charge in [-0.25, -0.2) is 8.42 Å². The van der Waals surface area contributed by atoms with Gasteiger partial charge >= 0.3 is 0 Å². The maximum absolute atomic E-state index is 14.1. The van der Waals surface area contributed by atoms with Crippen molar-refractivity contribution >= 4 is 27.5 Å². The van der Waals surface area contributed by atoms with Crippen molar-refractivity contribution < 1.29 is 18.0 Å². The largest absolute Gasteiger partial charge is 0.352 e. The minimum Gasteiger partial charge on any atom is -0.352 e. The molecule has 43 heavy (non-hydrogen) atoms. The van der Waals surface area contributed by atoms with E-state index in [-0.39, 0.29) is 30.8 Å². The number of anilines is 1. The van der Waals surface area contributed by atoms with E-state index in [4.69, 9.17) is 0 Å². The fourth-order valence-electron chi connectivity index (χ4n) is 5.81. The van der Waals surface area contributed by atoms with Gasteiger partial charge < -0.3 is 10.2 Å². The number of nitrogens with zero attached hydrogens (tertiary/aromatic N) is 2. The Labute approximate surface area is 257 Å². The first kappa shape index (κ1) is 32.3. The molecule has 0 unspecified atom stereocenters. The van der Waals surface area contributed by atoms with E-state index in [1.165, 1.54) is 17.0 Å². The molecule has 8 heteroatoms. The number of carbonyl (C=O) groups is 2. The number of hydrogen-bond donors (Lipinski definition) is 1. The Morgan fingerprint density at radius 1 is 0.860 bits per heavy atom. The lowest BCUT2D eigenvalue weighted by Gasteiger charge is -2.34. The Balaban J connectivity index is 1.59. The van der Waals surface area contributed by atoms with Crippen molar-refractivity contribution in [1.82, 2.24) is 10.2 Å². The summed E-state index contributed by atoms with van der Waals surface area (Å²) < 4.78 is 26.8. The van der Waals surface area contributed by atoms with Crippen molar-refractivity contribution in [2.75, 3.05) is 17.1 Å². The second-order valence-electron chi connectivity index (χ2n) is 11.8. The quantitative estimate of drug-likeness (QED) is 0.262. The highest BCUT2D eigenvalue weighted by molar-refractivity contribution is 7.92. The standard InChI is InChI=1S/C35H45N3O4S/c1-27-20-22-30(23-21-27)26-37(34(39)19-12-24-38(43(3,41)42)32-18-11-10-13-28(32)2)33(25-29-14-6-4-7-15-29)35(40)36-31-16-8-5-9-17-31/h4,6-7,10-11,13-15,18,20-23,31,33H,5,8-9,12,16-17,19,24-26H2,1-3H3,(H,36,40)/t33-/m1/s1. The molecule has 0 aliphatic heterocycles. The maximum Gasteiger partial charge on any atom is 0.243 e. The molecule has 0 aromatic heterocycles. The summed E-state index contributed by atoms with van der Waals surface area (Å²) >= 11 is 0. The molecule has 3 aromatic rings. The molecular weight excluding hydrogens is 558 g/mol. The summed E-state index contributed by atoms with van der Waals surface area (Å²) in [5, 5.41) is 3.27. The smallest absolute Gasteiger partial charge is 0.243 e. The summed E-state index contributed by atoms with van der Waals surface area (Å²) in [5.41, 5.74) is 4.51. The van der Waals surface area contributed by atoms with E-state index >= 15 is 0 Å². The van der Waals surface area contributed by atoms with Crippen LogP contribution in [0, 0.1) is 13.8 Å². The third kappa shape index (κ3) is 9.42. The molecule has 0 saturated heterocycles. The number of rotatable bonds is 13. The number of nitrogens with one attached hydrogen (secondary N) is 1. The fourth-order valence-corrected chi connectivity index (χ4v) is 6.84. The summed E-state index contributed by atoms with van der Waals surface area (Å²) in [6.45, 7) is 4.36. The highest BCUT2D eigenvalue weighted by Gasteiger charge is 2.32. The molecule has 7 nitrogen and oxygen atoms in total. The molecule has 1 N–H and O–H groups in total. The van der Waals surface area contributed by atoms with Crippen LogP contribution in [0.5, 0.6) is 0 Å². The van der Waals surface area contributed by atoms with Gasteiger partial charge in [0.25, 0.3) is 0 Å². The van der Waals surface area contributed by atoms with Crippen LogP contribution in [-0.4, -0.2) is 50.0 Å². The SMILES string of the molecule is Cc1ccc(CN(C(=O)CCCN(c2ccccc2C)S(C)(=O)=O)[C@H](Cc2ccccc2)C(=O)NC2CCCCC2)cc1. The Morgan fingerprint density at radius 2 is 1.51 bits per heavy atom. The maximum atomic E-state index is 14.1. The summed E-state index contributed by atoms with van der Waals surface area (Å²) in [7, 11) is -3.55. The first-order chi connectivity index (χ1) is 20.6. The van der Waals surface area contributed by atoms with Crippen LogP contribution in [0.3, 0.4) is 0 Å². The average molecular weight is 604 g/mol. The van der Waals surface area contributed by atoms with Gasteiger partial charge in [0.2, 0.25) is 21.8 Å². The molecule has 1 fully saturated rings. The molecule has 3 aromatic carbocycles. The average Bonchev–Trinajstić information content (AvgIpc) is 2.99. The summed E-state index contributed by atoms with van der Waals surface area (Å²) in [6.07, 6.45) is 7.32. The van der Waals surface area contributed by atoms with E-state index in [1.54, 1.807) is 11.0 Å². The zero-order valence-electron chi connectivity index (χ0n) is 25.7. The molecule has 1 atom stereocenters. The molecule has 1 aliphatic carbocycles. The Bertz CT molecular complexity index is 1450. The third-order valence-electron chi connectivity index (χ3n) is 8.23. The number of amides is 2. The van der Waals surface area contributed by atoms with Gasteiger partial charge in [-0.05, 0) is 55.9 Å². The Hall–Kier alpha value is -3.65. The van der Waals surface area contributed by atoms with E-state index in [1.807, 2.05) is 86.6 Å². The van der Waals surface area contributed by atoms with Gasteiger partial charge in [0, 0.05) is 32.0 Å². The molecule has 1 saturated carbocycles. The van der Waals surface area contributed by atoms with Crippen LogP contribution in [0.1, 0.15) is 67.2 Å². The zero-order chi connectivity index (χ0) is 30.8. The molecule has 0 spiro atoms. The Kier molecular flexibility index (Phi) is 11.4. The highest BCUT2D eigenvalue weighted by atomic mass is 32.2. The lowest BCUT2D eigenvalue weighted by molar-refractivity contribution is -0.141. The fraction of sp³-hybridized carbons (Fsp3) is 0.429. The monoisotopic (exact) mass is 603 g/mol. The van der Waals surface area contributed by atoms with Crippen LogP contribution < -0.4 is 9.62 Å². The van der Waals surface area contributed by atoms with Crippen LogP contribution in [0.2, 0.25) is 0 Å². The van der Waals surface area contributed by atoms with E-state index in [0.29, 0.717) is 25.1 Å². The predicted molar refractivity (Wildman–Crippen MR) is 173 cm³/mol. The summed E-state index contributed by atoms with van der Waals surface area (Å²) in [5.74, 6) is -0.299. The number of aryl methyl sites for hydroxylation is 2. The van der Waals surface area contributed by atoms with Crippen LogP contribution in [0.15, 0.2) is 78.9 Å². The molecule has 0 heterocycles. The van der Waals surface area contributed by atoms with Crippen LogP contribution in [0.4, 0.5) is 5.69 Å². The Morgan fingerprint density at radius 3 is 2.16 bits per heavy atom. The van der Waals surface area contributed by atoms with Gasteiger partial charge in [0.1, 0.15) is 6.04 Å². The summed E-state index contributed by atoms with van der Waals surface area (Å²) in [6, 6.07) is 24.6. The number of para-hydroxylation sites is 1. The number of carbonyl (C=O) groups excluding carboxylic acids is 2. The van der Waals surface area contributed by atoms with Crippen molar-refractivity contribution in [2.45, 2.75) is 83.8 Å². The second-order valence-corrected chi connectivity index (χ2v) is 13.7.